The Morgan fingerprint density at radius 3 is 2.79 bits per heavy atom. The van der Waals surface area contributed by atoms with Crippen LogP contribution >= 0.6 is 0 Å². The topological polar surface area (TPSA) is 108 Å². The quantitative estimate of drug-likeness (QED) is 0.742. The number of aryl methyl sites for hydroxylation is 1. The molecule has 1 unspecified atom stereocenters. The van der Waals surface area contributed by atoms with Crippen LogP contribution in [0.15, 0.2) is 29.5 Å². The Balaban J connectivity index is 2.45. The average Bonchev–Trinajstić information content (AvgIpc) is 2.78. The molecule has 0 spiro atoms. The zero-order valence-electron chi connectivity index (χ0n) is 10.2. The van der Waals surface area contributed by atoms with Gasteiger partial charge in [0.1, 0.15) is 11.8 Å². The van der Waals surface area contributed by atoms with Gasteiger partial charge < -0.3 is 15.2 Å². The van der Waals surface area contributed by atoms with Crippen molar-refractivity contribution in [3.05, 3.63) is 46.4 Å². The number of carbonyl (C=O) groups is 1. The number of aliphatic carboxylic acids is 1. The first-order chi connectivity index (χ1) is 8.99. The van der Waals surface area contributed by atoms with E-state index in [9.17, 15) is 19.8 Å². The van der Waals surface area contributed by atoms with Crippen molar-refractivity contribution in [2.24, 2.45) is 0 Å². The Kier molecular flexibility index (Phi) is 3.37. The van der Waals surface area contributed by atoms with Crippen LogP contribution in [0, 0.1) is 6.92 Å². The Morgan fingerprint density at radius 2 is 2.26 bits per heavy atom. The zero-order valence-corrected chi connectivity index (χ0v) is 10.2. The summed E-state index contributed by atoms with van der Waals surface area (Å²) in [5, 5.41) is 18.6. The largest absolute Gasteiger partial charge is 0.508 e. The molecule has 0 aromatic carbocycles. The van der Waals surface area contributed by atoms with E-state index in [1.165, 1.54) is 18.6 Å². The highest BCUT2D eigenvalue weighted by atomic mass is 16.4. The van der Waals surface area contributed by atoms with Gasteiger partial charge in [-0.25, -0.2) is 9.78 Å². The van der Waals surface area contributed by atoms with Crippen LogP contribution in [0.4, 0.5) is 0 Å². The third-order valence-electron chi connectivity index (χ3n) is 2.81. The number of H-pyrrole nitrogens is 1. The van der Waals surface area contributed by atoms with Gasteiger partial charge >= 0.3 is 5.97 Å². The van der Waals surface area contributed by atoms with Crippen molar-refractivity contribution in [3.63, 3.8) is 0 Å². The Bertz CT molecular complexity index is 645. The number of pyridine rings is 1. The van der Waals surface area contributed by atoms with Gasteiger partial charge in [0.2, 0.25) is 0 Å². The number of carboxylic acids is 1. The molecule has 19 heavy (non-hydrogen) atoms. The maximum Gasteiger partial charge on any atom is 0.327 e. The average molecular weight is 263 g/mol. The Hall–Kier alpha value is -2.57. The molecule has 2 aromatic heterocycles. The second-order valence-corrected chi connectivity index (χ2v) is 4.20. The summed E-state index contributed by atoms with van der Waals surface area (Å²) in [4.78, 5) is 29.8. The summed E-state index contributed by atoms with van der Waals surface area (Å²) in [6.07, 6.45) is 3.07. The molecule has 2 rings (SSSR count). The highest BCUT2D eigenvalue weighted by molar-refractivity contribution is 5.72. The van der Waals surface area contributed by atoms with E-state index >= 15 is 0 Å². The van der Waals surface area contributed by atoms with Crippen LogP contribution in [-0.4, -0.2) is 30.7 Å². The normalized spacial score (nSPS) is 12.3. The highest BCUT2D eigenvalue weighted by Gasteiger charge is 2.23. The van der Waals surface area contributed by atoms with Crippen molar-refractivity contribution in [2.75, 3.05) is 0 Å². The standard InChI is InChI=1S/C12H13N3O4/c1-7-2-9(16)4-11(17)15(7)10(12(18)19)3-8-5-13-6-14-8/h2,4-6,10,16H,3H2,1H3,(H,13,14)(H,18,19). The fourth-order valence-electron chi connectivity index (χ4n) is 1.99. The number of hydrogen-bond donors (Lipinski definition) is 3. The molecule has 2 aromatic rings. The van der Waals surface area contributed by atoms with E-state index in [0.717, 1.165) is 10.6 Å². The summed E-state index contributed by atoms with van der Waals surface area (Å²) in [6, 6.07) is 1.30. The van der Waals surface area contributed by atoms with Crippen LogP contribution < -0.4 is 5.56 Å². The number of aromatic nitrogens is 3. The van der Waals surface area contributed by atoms with Crippen LogP contribution in [-0.2, 0) is 11.2 Å². The molecule has 7 heteroatoms. The molecular formula is C12H13N3O4. The van der Waals surface area contributed by atoms with Crippen molar-refractivity contribution in [3.8, 4) is 5.75 Å². The van der Waals surface area contributed by atoms with Crippen LogP contribution in [0.5, 0.6) is 5.75 Å². The smallest absolute Gasteiger partial charge is 0.327 e. The first kappa shape index (κ1) is 12.9. The summed E-state index contributed by atoms with van der Waals surface area (Å²) < 4.78 is 1.14. The molecule has 0 aliphatic heterocycles. The van der Waals surface area contributed by atoms with E-state index in [1.807, 2.05) is 0 Å². The summed E-state index contributed by atoms with van der Waals surface area (Å²) in [6.45, 7) is 1.57. The number of imidazole rings is 1. The molecule has 0 saturated carbocycles. The number of aromatic hydroxyl groups is 1. The lowest BCUT2D eigenvalue weighted by Gasteiger charge is -2.17. The van der Waals surface area contributed by atoms with Crippen LogP contribution in [0.25, 0.3) is 0 Å². The molecule has 0 fully saturated rings. The van der Waals surface area contributed by atoms with E-state index in [-0.39, 0.29) is 12.2 Å². The van der Waals surface area contributed by atoms with Gasteiger partial charge in [-0.15, -0.1) is 0 Å². The molecule has 0 aliphatic carbocycles. The molecule has 3 N–H and O–H groups in total. The molecule has 7 nitrogen and oxygen atoms in total. The highest BCUT2D eigenvalue weighted by Crippen LogP contribution is 2.16. The Labute approximate surface area is 108 Å². The van der Waals surface area contributed by atoms with E-state index in [1.54, 1.807) is 6.92 Å². The molecule has 0 bridgehead atoms. The molecule has 1 atom stereocenters. The molecule has 0 aliphatic rings. The van der Waals surface area contributed by atoms with E-state index < -0.39 is 17.6 Å². The molecular weight excluding hydrogens is 250 g/mol. The fourth-order valence-corrected chi connectivity index (χ4v) is 1.99. The first-order valence-corrected chi connectivity index (χ1v) is 5.61. The zero-order chi connectivity index (χ0) is 14.0. The lowest BCUT2D eigenvalue weighted by molar-refractivity contribution is -0.141. The number of rotatable bonds is 4. The fraction of sp³-hybridized carbons (Fsp3) is 0.250. The number of nitrogens with zero attached hydrogens (tertiary/aromatic N) is 2. The summed E-state index contributed by atoms with van der Waals surface area (Å²) in [7, 11) is 0. The van der Waals surface area contributed by atoms with Gasteiger partial charge in [-0.05, 0) is 13.0 Å². The van der Waals surface area contributed by atoms with Gasteiger partial charge in [0.25, 0.3) is 5.56 Å². The number of aromatic amines is 1. The van der Waals surface area contributed by atoms with Crippen molar-refractivity contribution in [2.45, 2.75) is 19.4 Å². The number of carboxylic acid groups (broad SMARTS) is 1. The lowest BCUT2D eigenvalue weighted by Crippen LogP contribution is -2.32. The van der Waals surface area contributed by atoms with Crippen LogP contribution in [0.3, 0.4) is 0 Å². The molecule has 0 amide bonds. The van der Waals surface area contributed by atoms with Gasteiger partial charge in [0.05, 0.1) is 6.33 Å². The molecule has 2 heterocycles. The molecule has 100 valence electrons. The maximum atomic E-state index is 11.8. The monoisotopic (exact) mass is 263 g/mol. The Morgan fingerprint density at radius 1 is 1.53 bits per heavy atom. The van der Waals surface area contributed by atoms with E-state index in [4.69, 9.17) is 0 Å². The van der Waals surface area contributed by atoms with Crippen molar-refractivity contribution in [1.82, 2.24) is 14.5 Å². The van der Waals surface area contributed by atoms with Gasteiger partial charge in [0.15, 0.2) is 0 Å². The molecule has 0 radical (unpaired) electrons. The van der Waals surface area contributed by atoms with E-state index in [0.29, 0.717) is 11.4 Å². The third kappa shape index (κ3) is 2.65. The minimum atomic E-state index is -1.12. The van der Waals surface area contributed by atoms with E-state index in [2.05, 4.69) is 9.97 Å². The third-order valence-corrected chi connectivity index (χ3v) is 2.81. The van der Waals surface area contributed by atoms with Crippen LogP contribution in [0.2, 0.25) is 0 Å². The maximum absolute atomic E-state index is 11.8. The van der Waals surface area contributed by atoms with Crippen molar-refractivity contribution < 1.29 is 15.0 Å². The minimum Gasteiger partial charge on any atom is -0.508 e. The van der Waals surface area contributed by atoms with Crippen LogP contribution in [0.1, 0.15) is 17.4 Å². The van der Waals surface area contributed by atoms with Gasteiger partial charge in [-0.3, -0.25) is 9.36 Å². The van der Waals surface area contributed by atoms with Crippen molar-refractivity contribution in [1.29, 1.82) is 0 Å². The second kappa shape index (κ2) is 4.97. The summed E-state index contributed by atoms with van der Waals surface area (Å²) in [5.41, 5.74) is 0.452. The van der Waals surface area contributed by atoms with Gasteiger partial charge in [-0.1, -0.05) is 0 Å². The predicted molar refractivity (Wildman–Crippen MR) is 66.1 cm³/mol. The summed E-state index contributed by atoms with van der Waals surface area (Å²) >= 11 is 0. The predicted octanol–water partition coefficient (Wildman–Crippen LogP) is 0.454. The SMILES string of the molecule is Cc1cc(O)cc(=O)n1C(Cc1cnc[nH]1)C(=O)O. The minimum absolute atomic E-state index is 0.112. The summed E-state index contributed by atoms with van der Waals surface area (Å²) in [5.74, 6) is -1.30. The van der Waals surface area contributed by atoms with Gasteiger partial charge in [0, 0.05) is 30.1 Å². The first-order valence-electron chi connectivity index (χ1n) is 5.61. The van der Waals surface area contributed by atoms with Crippen molar-refractivity contribution >= 4 is 5.97 Å². The number of hydrogen-bond acceptors (Lipinski definition) is 4. The lowest BCUT2D eigenvalue weighted by atomic mass is 10.1. The van der Waals surface area contributed by atoms with Gasteiger partial charge in [-0.2, -0.15) is 0 Å². The molecule has 0 saturated heterocycles. The number of nitrogens with one attached hydrogen (secondary N) is 1. The second-order valence-electron chi connectivity index (χ2n) is 4.20.